The summed E-state index contributed by atoms with van der Waals surface area (Å²) in [7, 11) is 0. The fraction of sp³-hybridized carbons (Fsp3) is 0.520. The molecule has 0 atom stereocenters. The summed E-state index contributed by atoms with van der Waals surface area (Å²) in [5, 5.41) is 10.6. The van der Waals surface area contributed by atoms with Crippen molar-refractivity contribution in [2.45, 2.75) is 52.6 Å². The van der Waals surface area contributed by atoms with Crippen LogP contribution in [-0.2, 0) is 9.47 Å². The minimum atomic E-state index is -0.725. The second-order valence-corrected chi connectivity index (χ2v) is 10.7. The fourth-order valence-corrected chi connectivity index (χ4v) is 4.72. The molecule has 2 saturated heterocycles. The van der Waals surface area contributed by atoms with Gasteiger partial charge in [-0.05, 0) is 58.4 Å². The van der Waals surface area contributed by atoms with Crippen LogP contribution in [0, 0.1) is 23.7 Å². The average Bonchev–Trinajstić information content (AvgIpc) is 3.22. The molecular weight excluding hydrogens is 489 g/mol. The first-order valence-electron chi connectivity index (χ1n) is 11.5. The lowest BCUT2D eigenvalue weighted by atomic mass is 9.78. The number of carbonyl (C=O) groups is 1. The number of ether oxygens (including phenoxy) is 2. The van der Waals surface area contributed by atoms with Gasteiger partial charge in [0, 0.05) is 30.8 Å². The summed E-state index contributed by atoms with van der Waals surface area (Å²) in [6.07, 6.45) is 2.55. The Balaban J connectivity index is 0.000000371. The molecule has 0 radical (unpaired) electrons. The van der Waals surface area contributed by atoms with Crippen LogP contribution in [0.25, 0.3) is 11.1 Å². The summed E-state index contributed by atoms with van der Waals surface area (Å²) in [5.74, 6) is 0.611. The van der Waals surface area contributed by atoms with Gasteiger partial charge in [0.1, 0.15) is 11.7 Å². The van der Waals surface area contributed by atoms with E-state index in [0.717, 1.165) is 51.3 Å². The number of halogens is 2. The van der Waals surface area contributed by atoms with Gasteiger partial charge in [-0.3, -0.25) is 0 Å². The number of carbonyl (C=O) groups excluding carboxylic acids is 1. The molecule has 1 aromatic heterocycles. The third kappa shape index (κ3) is 6.75. The molecule has 0 bridgehead atoms. The Labute approximate surface area is 216 Å². The number of rotatable bonds is 2. The lowest BCUT2D eigenvalue weighted by Crippen LogP contribution is -2.41. The van der Waals surface area contributed by atoms with E-state index in [2.05, 4.69) is 20.7 Å². The largest absolute Gasteiger partial charge is 0.444 e. The minimum absolute atomic E-state index is 0.317. The van der Waals surface area contributed by atoms with Crippen molar-refractivity contribution in [1.82, 2.24) is 9.97 Å². The summed E-state index contributed by atoms with van der Waals surface area (Å²) in [4.78, 5) is 21.4. The highest BCUT2D eigenvalue weighted by Gasteiger charge is 2.38. The molecule has 8 nitrogen and oxygen atoms in total. The zero-order chi connectivity index (χ0) is 25.8. The molecule has 2 aliphatic rings. The first-order chi connectivity index (χ1) is 16.4. The van der Waals surface area contributed by atoms with E-state index in [0.29, 0.717) is 38.2 Å². The van der Waals surface area contributed by atoms with Crippen LogP contribution < -0.4 is 10.6 Å². The number of nitriles is 1. The Hall–Kier alpha value is -2.60. The van der Waals surface area contributed by atoms with Gasteiger partial charge in [0.25, 0.3) is 0 Å². The molecule has 0 aliphatic carbocycles. The highest BCUT2D eigenvalue weighted by atomic mass is 35.5. The number of hydrogen-bond donors (Lipinski definition) is 1. The van der Waals surface area contributed by atoms with Crippen molar-refractivity contribution in [2.75, 3.05) is 31.2 Å². The Morgan fingerprint density at radius 2 is 1.91 bits per heavy atom. The number of piperidine rings is 1. The molecule has 0 unspecified atom stereocenters. The average molecular weight is 520 g/mol. The molecule has 1 amide bonds. The molecule has 2 fully saturated rings. The Morgan fingerprint density at radius 3 is 2.43 bits per heavy atom. The van der Waals surface area contributed by atoms with E-state index in [1.165, 1.54) is 0 Å². The van der Waals surface area contributed by atoms with Gasteiger partial charge in [0.2, 0.25) is 5.95 Å². The molecule has 2 aromatic rings. The fourth-order valence-electron chi connectivity index (χ4n) is 4.33. The number of aromatic nitrogens is 2. The number of anilines is 1. The van der Waals surface area contributed by atoms with Crippen LogP contribution in [0.15, 0.2) is 18.2 Å². The van der Waals surface area contributed by atoms with Crippen LogP contribution in [0.2, 0.25) is 10.0 Å². The Bertz CT molecular complexity index is 1110. The molecule has 10 heteroatoms. The van der Waals surface area contributed by atoms with E-state index >= 15 is 0 Å². The van der Waals surface area contributed by atoms with Crippen LogP contribution in [0.1, 0.15) is 51.4 Å². The smallest absolute Gasteiger partial charge is 0.405 e. The number of benzene rings is 1. The summed E-state index contributed by atoms with van der Waals surface area (Å²) in [5.41, 5.74) is 6.96. The number of amides is 1. The first-order valence-corrected chi connectivity index (χ1v) is 12.2. The van der Waals surface area contributed by atoms with E-state index in [-0.39, 0.29) is 0 Å². The zero-order valence-electron chi connectivity index (χ0n) is 20.5. The monoisotopic (exact) mass is 519 g/mol. The van der Waals surface area contributed by atoms with Crippen molar-refractivity contribution >= 4 is 35.2 Å². The van der Waals surface area contributed by atoms with Gasteiger partial charge in [0.15, 0.2) is 5.69 Å². The van der Waals surface area contributed by atoms with Crippen molar-refractivity contribution < 1.29 is 14.3 Å². The van der Waals surface area contributed by atoms with Gasteiger partial charge in [-0.15, -0.1) is 0 Å². The molecular formula is C25H31Cl2N5O3. The van der Waals surface area contributed by atoms with E-state index in [4.69, 9.17) is 38.7 Å². The van der Waals surface area contributed by atoms with E-state index in [1.807, 2.05) is 19.1 Å². The topological polar surface area (TPSA) is 114 Å². The molecule has 1 aromatic carbocycles. The SMILES string of the molecule is CC(C)(C)OC(N)=O.Cc1nc(N2CCC3(CCOC3)CC2)nc(C#N)c1-c1cccc(Cl)c1Cl. The number of hydrogen-bond acceptors (Lipinski definition) is 7. The lowest BCUT2D eigenvalue weighted by molar-refractivity contribution is 0.0600. The van der Waals surface area contributed by atoms with Gasteiger partial charge in [0.05, 0.1) is 22.3 Å². The van der Waals surface area contributed by atoms with Crippen molar-refractivity contribution in [1.29, 1.82) is 5.26 Å². The Morgan fingerprint density at radius 1 is 1.23 bits per heavy atom. The number of aryl methyl sites for hydroxylation is 1. The van der Waals surface area contributed by atoms with Crippen molar-refractivity contribution in [3.63, 3.8) is 0 Å². The van der Waals surface area contributed by atoms with Gasteiger partial charge in [-0.25, -0.2) is 14.8 Å². The third-order valence-electron chi connectivity index (χ3n) is 6.10. The summed E-state index contributed by atoms with van der Waals surface area (Å²) in [6.45, 7) is 10.7. The van der Waals surface area contributed by atoms with Gasteiger partial charge < -0.3 is 20.1 Å². The number of nitrogens with two attached hydrogens (primary N) is 1. The van der Waals surface area contributed by atoms with Crippen LogP contribution in [0.4, 0.5) is 10.7 Å². The predicted octanol–water partition coefficient (Wildman–Crippen LogP) is 5.52. The maximum Gasteiger partial charge on any atom is 0.405 e. The maximum atomic E-state index is 10.0. The summed E-state index contributed by atoms with van der Waals surface area (Å²) >= 11 is 12.5. The van der Waals surface area contributed by atoms with E-state index < -0.39 is 11.7 Å². The molecule has 188 valence electrons. The molecule has 1 spiro atoms. The maximum absolute atomic E-state index is 10.0. The van der Waals surface area contributed by atoms with Gasteiger partial charge in [-0.2, -0.15) is 5.26 Å². The van der Waals surface area contributed by atoms with Crippen molar-refractivity contribution in [2.24, 2.45) is 11.1 Å². The lowest BCUT2D eigenvalue weighted by Gasteiger charge is -2.38. The molecule has 2 aliphatic heterocycles. The van der Waals surface area contributed by atoms with Crippen molar-refractivity contribution in [3.8, 4) is 17.2 Å². The Kier molecular flexibility index (Phi) is 8.47. The summed E-state index contributed by atoms with van der Waals surface area (Å²) in [6, 6.07) is 7.58. The highest BCUT2D eigenvalue weighted by molar-refractivity contribution is 6.43. The van der Waals surface area contributed by atoms with E-state index in [9.17, 15) is 10.1 Å². The minimum Gasteiger partial charge on any atom is -0.444 e. The third-order valence-corrected chi connectivity index (χ3v) is 6.92. The zero-order valence-corrected chi connectivity index (χ0v) is 22.0. The standard InChI is InChI=1S/C20H20Cl2N4O.C5H11NO2/c1-13-17(14-3-2-4-15(21)18(14)22)16(11-23)25-19(24-13)26-8-5-20(6-9-26)7-10-27-12-20;1-5(2,3)8-4(6)7/h2-4H,5-10,12H2,1H3;1-3H3,(H2,6,7). The second kappa shape index (κ2) is 11.0. The molecule has 0 saturated carbocycles. The predicted molar refractivity (Wildman–Crippen MR) is 137 cm³/mol. The van der Waals surface area contributed by atoms with Gasteiger partial charge >= 0.3 is 6.09 Å². The number of nitrogens with zero attached hydrogens (tertiary/aromatic N) is 4. The van der Waals surface area contributed by atoms with E-state index in [1.54, 1.807) is 26.8 Å². The van der Waals surface area contributed by atoms with Crippen molar-refractivity contribution in [3.05, 3.63) is 39.6 Å². The summed E-state index contributed by atoms with van der Waals surface area (Å²) < 4.78 is 10.2. The van der Waals surface area contributed by atoms with Gasteiger partial charge in [-0.1, -0.05) is 35.3 Å². The van der Waals surface area contributed by atoms with Crippen LogP contribution in [0.3, 0.4) is 0 Å². The molecule has 4 rings (SSSR count). The number of primary amides is 1. The molecule has 3 heterocycles. The highest BCUT2D eigenvalue weighted by Crippen LogP contribution is 2.40. The molecule has 2 N–H and O–H groups in total. The molecule has 35 heavy (non-hydrogen) atoms. The quantitative estimate of drug-likeness (QED) is 0.555. The second-order valence-electron chi connectivity index (χ2n) is 9.87. The first kappa shape index (κ1) is 27.0. The van der Waals surface area contributed by atoms with Crippen LogP contribution >= 0.6 is 23.2 Å². The van der Waals surface area contributed by atoms with Crippen LogP contribution in [-0.4, -0.2) is 48.0 Å². The van der Waals surface area contributed by atoms with Crippen LogP contribution in [0.5, 0.6) is 0 Å². The normalized spacial score (nSPS) is 16.9.